The Morgan fingerprint density at radius 1 is 0.950 bits per heavy atom. The summed E-state index contributed by atoms with van der Waals surface area (Å²) >= 11 is 6.10. The number of benzene rings is 2. The summed E-state index contributed by atoms with van der Waals surface area (Å²) in [6.07, 6.45) is 2.13. The lowest BCUT2D eigenvalue weighted by Crippen LogP contribution is -2.44. The lowest BCUT2D eigenvalue weighted by atomic mass is 10.0. The number of pyridine rings is 1. The fraction of sp³-hybridized carbons (Fsp3) is 0.452. The minimum atomic E-state index is -0.162. The van der Waals surface area contributed by atoms with Crippen molar-refractivity contribution in [2.45, 2.75) is 45.2 Å². The zero-order valence-electron chi connectivity index (χ0n) is 23.5. The van der Waals surface area contributed by atoms with Crippen molar-refractivity contribution in [3.63, 3.8) is 0 Å². The molecule has 40 heavy (non-hydrogen) atoms. The Morgan fingerprint density at radius 2 is 1.70 bits per heavy atom. The number of carbonyl (C=O) groups excluding carboxylic acids is 2. The Hall–Kier alpha value is -3.20. The number of amides is 2. The third-order valence-corrected chi connectivity index (χ3v) is 8.18. The van der Waals surface area contributed by atoms with Crippen molar-refractivity contribution in [1.29, 1.82) is 0 Å². The number of carbonyl (C=O) groups is 2. The van der Waals surface area contributed by atoms with Crippen LogP contribution < -0.4 is 15.5 Å². The topological polar surface area (TPSA) is 80.8 Å². The molecule has 0 saturated carbocycles. The number of likely N-dealkylation sites (N-methyl/N-ethyl adjacent to an activating group) is 1. The van der Waals surface area contributed by atoms with Crippen LogP contribution in [0.5, 0.6) is 0 Å². The van der Waals surface area contributed by atoms with E-state index in [-0.39, 0.29) is 30.7 Å². The first-order valence-electron chi connectivity index (χ1n) is 14.2. The van der Waals surface area contributed by atoms with Gasteiger partial charge in [0.25, 0.3) is 0 Å². The number of anilines is 2. The van der Waals surface area contributed by atoms with E-state index in [4.69, 9.17) is 16.6 Å². The van der Waals surface area contributed by atoms with Crippen LogP contribution >= 0.6 is 11.6 Å². The van der Waals surface area contributed by atoms with Gasteiger partial charge >= 0.3 is 0 Å². The number of hydrogen-bond donors (Lipinski definition) is 2. The van der Waals surface area contributed by atoms with E-state index in [1.807, 2.05) is 36.4 Å². The molecule has 2 aliphatic rings. The van der Waals surface area contributed by atoms with Crippen LogP contribution in [0.15, 0.2) is 48.5 Å². The number of nitrogens with zero attached hydrogens (tertiary/aromatic N) is 4. The molecule has 0 spiro atoms. The summed E-state index contributed by atoms with van der Waals surface area (Å²) < 4.78 is 0. The second-order valence-electron chi connectivity index (χ2n) is 11.1. The molecule has 0 unspecified atom stereocenters. The molecule has 212 valence electrons. The lowest BCUT2D eigenvalue weighted by molar-refractivity contribution is -0.125. The summed E-state index contributed by atoms with van der Waals surface area (Å²) in [5.74, 6) is 0.775. The smallest absolute Gasteiger partial charge is 0.224 e. The third-order valence-electron chi connectivity index (χ3n) is 7.94. The molecular weight excluding hydrogens is 524 g/mol. The molecule has 3 heterocycles. The summed E-state index contributed by atoms with van der Waals surface area (Å²) in [5, 5.41) is 7.85. The van der Waals surface area contributed by atoms with Crippen molar-refractivity contribution in [2.75, 3.05) is 56.5 Å². The quantitative estimate of drug-likeness (QED) is 0.422. The Morgan fingerprint density at radius 3 is 2.45 bits per heavy atom. The molecule has 0 bridgehead atoms. The van der Waals surface area contributed by atoms with Gasteiger partial charge in [0.1, 0.15) is 5.82 Å². The van der Waals surface area contributed by atoms with E-state index in [1.54, 1.807) is 0 Å². The molecule has 3 aromatic rings. The van der Waals surface area contributed by atoms with E-state index in [9.17, 15) is 9.59 Å². The van der Waals surface area contributed by atoms with Crippen molar-refractivity contribution in [1.82, 2.24) is 20.1 Å². The fourth-order valence-electron chi connectivity index (χ4n) is 5.53. The number of piperidine rings is 1. The summed E-state index contributed by atoms with van der Waals surface area (Å²) in [4.78, 5) is 37.1. The average molecular weight is 563 g/mol. The number of hydrogen-bond acceptors (Lipinski definition) is 6. The minimum absolute atomic E-state index is 0.0709. The highest BCUT2D eigenvalue weighted by molar-refractivity contribution is 6.30. The largest absolute Gasteiger partial charge is 0.354 e. The monoisotopic (exact) mass is 562 g/mol. The van der Waals surface area contributed by atoms with Crippen molar-refractivity contribution in [3.05, 3.63) is 64.7 Å². The first-order chi connectivity index (χ1) is 19.3. The SMILES string of the molecule is Cc1cc(N2CCN(C)CC2)nc2ccc(NC(=O)CCC(=O)NC3CCN(Cc4cccc(Cl)c4)CC3)cc12. The minimum Gasteiger partial charge on any atom is -0.354 e. The fourth-order valence-corrected chi connectivity index (χ4v) is 5.74. The second kappa shape index (κ2) is 13.0. The number of aromatic nitrogens is 1. The molecule has 2 fully saturated rings. The average Bonchev–Trinajstić information content (AvgIpc) is 2.94. The number of halogens is 1. The van der Waals surface area contributed by atoms with Gasteiger partial charge in [0.05, 0.1) is 5.52 Å². The van der Waals surface area contributed by atoms with Crippen LogP contribution in [0.1, 0.15) is 36.8 Å². The zero-order chi connectivity index (χ0) is 28.1. The van der Waals surface area contributed by atoms with Gasteiger partial charge in [0.15, 0.2) is 0 Å². The highest BCUT2D eigenvalue weighted by atomic mass is 35.5. The number of fused-ring (bicyclic) bond motifs is 1. The maximum absolute atomic E-state index is 12.6. The molecule has 0 radical (unpaired) electrons. The summed E-state index contributed by atoms with van der Waals surface area (Å²) in [6.45, 7) is 8.80. The van der Waals surface area contributed by atoms with Gasteiger partial charge in [-0.15, -0.1) is 0 Å². The van der Waals surface area contributed by atoms with Gasteiger partial charge in [-0.1, -0.05) is 23.7 Å². The molecule has 2 N–H and O–H groups in total. The third kappa shape index (κ3) is 7.50. The molecule has 2 saturated heterocycles. The number of aryl methyl sites for hydroxylation is 1. The number of piperazine rings is 1. The predicted molar refractivity (Wildman–Crippen MR) is 162 cm³/mol. The van der Waals surface area contributed by atoms with Crippen molar-refractivity contribution < 1.29 is 9.59 Å². The van der Waals surface area contributed by atoms with Crippen molar-refractivity contribution >= 4 is 45.8 Å². The van der Waals surface area contributed by atoms with Crippen LogP contribution in [0.2, 0.25) is 5.02 Å². The second-order valence-corrected chi connectivity index (χ2v) is 11.6. The molecule has 9 heteroatoms. The van der Waals surface area contributed by atoms with Crippen LogP contribution in [-0.4, -0.2) is 79.0 Å². The van der Waals surface area contributed by atoms with Gasteiger partial charge in [-0.2, -0.15) is 0 Å². The van der Waals surface area contributed by atoms with Crippen LogP contribution in [0.25, 0.3) is 10.9 Å². The van der Waals surface area contributed by atoms with Crippen LogP contribution in [0.3, 0.4) is 0 Å². The van der Waals surface area contributed by atoms with E-state index >= 15 is 0 Å². The standard InChI is InChI=1S/C31H39ClN6O2/c1-22-18-29(38-16-14-36(2)15-17-38)35-28-7-6-26(20-27(22)28)34-31(40)9-8-30(39)33-25-10-12-37(13-11-25)21-23-4-3-5-24(32)19-23/h3-7,18-20,25H,8-17,21H2,1-2H3,(H,33,39)(H,34,40). The Bertz CT molecular complexity index is 1350. The molecule has 2 aromatic carbocycles. The molecule has 0 atom stereocenters. The Balaban J connectivity index is 1.06. The summed E-state index contributed by atoms with van der Waals surface area (Å²) in [7, 11) is 2.15. The molecule has 1 aromatic heterocycles. The van der Waals surface area contributed by atoms with Gasteiger partial charge in [-0.05, 0) is 74.3 Å². The molecule has 5 rings (SSSR count). The van der Waals surface area contributed by atoms with Gasteiger partial charge in [-0.3, -0.25) is 14.5 Å². The van der Waals surface area contributed by atoms with Crippen LogP contribution in [0, 0.1) is 6.92 Å². The molecule has 2 amide bonds. The van der Waals surface area contributed by atoms with Gasteiger partial charge < -0.3 is 20.4 Å². The summed E-state index contributed by atoms with van der Waals surface area (Å²) in [6, 6.07) is 16.1. The molecule has 0 aliphatic carbocycles. The lowest BCUT2D eigenvalue weighted by Gasteiger charge is -2.33. The first-order valence-corrected chi connectivity index (χ1v) is 14.6. The molecular formula is C31H39ClN6O2. The predicted octanol–water partition coefficient (Wildman–Crippen LogP) is 4.45. The number of likely N-dealkylation sites (tertiary alicyclic amines) is 1. The van der Waals surface area contributed by atoms with Crippen LogP contribution in [0.4, 0.5) is 11.5 Å². The van der Waals surface area contributed by atoms with E-state index in [1.165, 1.54) is 5.56 Å². The Labute approximate surface area is 241 Å². The maximum atomic E-state index is 12.6. The van der Waals surface area contributed by atoms with E-state index < -0.39 is 0 Å². The number of rotatable bonds is 8. The van der Waals surface area contributed by atoms with Crippen molar-refractivity contribution in [2.24, 2.45) is 0 Å². The highest BCUT2D eigenvalue weighted by Gasteiger charge is 2.21. The van der Waals surface area contributed by atoms with Gasteiger partial charge in [-0.25, -0.2) is 4.98 Å². The maximum Gasteiger partial charge on any atom is 0.224 e. The van der Waals surface area contributed by atoms with Gasteiger partial charge in [0, 0.05) is 80.8 Å². The van der Waals surface area contributed by atoms with Crippen LogP contribution in [-0.2, 0) is 16.1 Å². The normalized spacial score (nSPS) is 17.2. The zero-order valence-corrected chi connectivity index (χ0v) is 24.2. The van der Waals surface area contributed by atoms with Crippen molar-refractivity contribution in [3.8, 4) is 0 Å². The highest BCUT2D eigenvalue weighted by Crippen LogP contribution is 2.26. The molecule has 8 nitrogen and oxygen atoms in total. The van der Waals surface area contributed by atoms with E-state index in [0.717, 1.165) is 91.6 Å². The Kier molecular flexibility index (Phi) is 9.19. The number of nitrogens with one attached hydrogen (secondary N) is 2. The first kappa shape index (κ1) is 28.3. The van der Waals surface area contributed by atoms with Gasteiger partial charge in [0.2, 0.25) is 11.8 Å². The van der Waals surface area contributed by atoms with E-state index in [0.29, 0.717) is 0 Å². The summed E-state index contributed by atoms with van der Waals surface area (Å²) in [5.41, 5.74) is 3.98. The van der Waals surface area contributed by atoms with E-state index in [2.05, 4.69) is 51.4 Å². The molecule has 2 aliphatic heterocycles.